The van der Waals surface area contributed by atoms with Crippen LogP contribution in [0.15, 0.2) is 437 Å². The molecule has 4 aliphatic carbocycles. The predicted octanol–water partition coefficient (Wildman–Crippen LogP) is 33.6. The lowest BCUT2D eigenvalue weighted by molar-refractivity contribution is 0.436. The second kappa shape index (κ2) is 29.8. The van der Waals surface area contributed by atoms with Crippen LogP contribution in [-0.4, -0.2) is 9.13 Å². The van der Waals surface area contributed by atoms with Crippen LogP contribution < -0.4 is 19.7 Å². The van der Waals surface area contributed by atoms with Gasteiger partial charge in [-0.15, -0.1) is 0 Å². The van der Waals surface area contributed by atoms with E-state index in [2.05, 4.69) is 466 Å². The van der Waals surface area contributed by atoms with Crippen molar-refractivity contribution in [3.05, 3.63) is 509 Å². The quantitative estimate of drug-likeness (QED) is 0.173. The average molecular weight is 1710 g/mol. The normalized spacial score (nSPS) is 14.1. The summed E-state index contributed by atoms with van der Waals surface area (Å²) in [5.41, 5.74) is 36.8. The summed E-state index contributed by atoms with van der Waals surface area (Å²) in [6, 6.07) is 158. The molecule has 628 valence electrons. The molecule has 0 radical (unpaired) electrons. The first kappa shape index (κ1) is 78.3. The number of nitrogens with one attached hydrogen (secondary N) is 1. The van der Waals surface area contributed by atoms with Crippen LogP contribution >= 0.6 is 11.6 Å². The first-order valence-corrected chi connectivity index (χ1v) is 45.8. The molecule has 20 aromatic carbocycles. The molecule has 0 atom stereocenters. The third kappa shape index (κ3) is 11.2. The van der Waals surface area contributed by atoms with Crippen molar-refractivity contribution >= 4 is 105 Å². The lowest BCUT2D eigenvalue weighted by Gasteiger charge is -2.39. The van der Waals surface area contributed by atoms with E-state index in [4.69, 9.17) is 21.1 Å². The number of fused-ring (bicyclic) bond motifs is 34. The van der Waals surface area contributed by atoms with E-state index in [9.17, 15) is 0 Å². The molecule has 28 rings (SSSR count). The average Bonchev–Trinajstić information content (AvgIpc) is 1.51. The highest BCUT2D eigenvalue weighted by Gasteiger charge is 2.55. The molecule has 4 heterocycles. The van der Waals surface area contributed by atoms with Gasteiger partial charge in [0.25, 0.3) is 0 Å². The van der Waals surface area contributed by atoms with Crippen molar-refractivity contribution in [3.63, 3.8) is 0 Å². The Kier molecular flexibility index (Phi) is 17.7. The van der Waals surface area contributed by atoms with E-state index >= 15 is 0 Å². The van der Waals surface area contributed by atoms with E-state index < -0.39 is 10.8 Å². The minimum absolute atomic E-state index is 0. The Morgan fingerprint density at radius 2 is 0.606 bits per heavy atom. The first-order valence-electron chi connectivity index (χ1n) is 45.4. The molecule has 2 aromatic heterocycles. The van der Waals surface area contributed by atoms with Gasteiger partial charge in [0.2, 0.25) is 0 Å². The van der Waals surface area contributed by atoms with E-state index in [0.717, 1.165) is 90.0 Å². The van der Waals surface area contributed by atoms with Crippen LogP contribution in [0.2, 0.25) is 5.02 Å². The number of ether oxygens (including phenoxy) is 2. The molecule has 2 spiro atoms. The third-order valence-corrected chi connectivity index (χ3v) is 29.5. The number of aromatic nitrogens is 2. The van der Waals surface area contributed by atoms with Gasteiger partial charge >= 0.3 is 0 Å². The fourth-order valence-electron chi connectivity index (χ4n) is 23.6. The van der Waals surface area contributed by atoms with Gasteiger partial charge in [-0.3, -0.25) is 0 Å². The number of anilines is 5. The Hall–Kier alpha value is -16.0. The zero-order valence-corrected chi connectivity index (χ0v) is 73.4. The lowest BCUT2D eigenvalue weighted by atomic mass is 9.66. The Balaban J connectivity index is 0.000000117. The van der Waals surface area contributed by atoms with Crippen LogP contribution in [0.5, 0.6) is 23.0 Å². The second-order valence-electron chi connectivity index (χ2n) is 36.6. The molecule has 22 aromatic rings. The minimum atomic E-state index is -0.629. The van der Waals surface area contributed by atoms with E-state index in [-0.39, 0.29) is 18.3 Å². The highest BCUT2D eigenvalue weighted by Crippen LogP contribution is 2.68. The molecular formula is C125H89ClN4O2. The molecule has 6 nitrogen and oxygen atoms in total. The Morgan fingerprint density at radius 1 is 0.250 bits per heavy atom. The molecule has 0 saturated carbocycles. The summed E-state index contributed by atoms with van der Waals surface area (Å²) >= 11 is 6.92. The minimum Gasteiger partial charge on any atom is -0.457 e. The van der Waals surface area contributed by atoms with Crippen LogP contribution in [0.4, 0.5) is 28.4 Å². The largest absolute Gasteiger partial charge is 0.457 e. The first-order chi connectivity index (χ1) is 64.4. The monoisotopic (exact) mass is 1710 g/mol. The molecular weight excluding hydrogens is 1620 g/mol. The van der Waals surface area contributed by atoms with Gasteiger partial charge in [-0.05, 0) is 233 Å². The molecule has 7 heteroatoms. The van der Waals surface area contributed by atoms with Gasteiger partial charge < -0.3 is 28.8 Å². The zero-order valence-electron chi connectivity index (χ0n) is 72.6. The summed E-state index contributed by atoms with van der Waals surface area (Å²) in [6.45, 7) is 9.41. The molecule has 0 unspecified atom stereocenters. The number of hydrogen-bond acceptors (Lipinski definition) is 4. The summed E-state index contributed by atoms with van der Waals surface area (Å²) in [6.07, 6.45) is 0. The van der Waals surface area contributed by atoms with E-state index in [0.29, 0.717) is 0 Å². The van der Waals surface area contributed by atoms with Gasteiger partial charge in [-0.2, -0.15) is 0 Å². The van der Waals surface area contributed by atoms with Crippen molar-refractivity contribution in [1.82, 2.24) is 9.13 Å². The molecule has 0 fully saturated rings. The summed E-state index contributed by atoms with van der Waals surface area (Å²) in [5.74, 6) is 3.57. The molecule has 132 heavy (non-hydrogen) atoms. The standard InChI is InChI=1S/C62H42N2O.C33H26N2.C29H17ClO.CH4/c1-61(2)48-23-10-8-21-44(48)45-34-32-42(38-53(45)61)63(41-33-36-55-47(37-41)46-22-9-13-27-54(46)64(55)40-18-4-3-5-19-40)56-28-16-26-51-60(56)59-43-20-7-6-17-39(43)31-35-52(59)62(51)49-24-11-14-29-57(49)65-58-30-15-12-25-50(58)62;1-33(2)29-14-8-6-12-25(29)26-18-16-23(21-30(26)33)34-22-17-19-32-28(20-22)27-13-7-9-15-31(27)35(32)24-10-4-3-5-11-24;30-24-13-7-12-22-28(24)27-19-9-2-1-8-18(19)16-17-23(27)29(22)20-10-3-5-14-25(20)31-26-15-6-4-11-21(26)29;/h3-38H,1-2H3;3-21,34H,1-2H3;1-17H;1H4. The highest BCUT2D eigenvalue weighted by atomic mass is 35.5. The smallest absolute Gasteiger partial charge is 0.132 e. The number of nitrogens with zero attached hydrogens (tertiary/aromatic N) is 3. The molecule has 2 aliphatic heterocycles. The zero-order chi connectivity index (χ0) is 87.2. The fraction of sp³-hybridized carbons (Fsp3) is 0.0720. The van der Waals surface area contributed by atoms with Crippen molar-refractivity contribution in [3.8, 4) is 78.9 Å². The van der Waals surface area contributed by atoms with Crippen LogP contribution in [0, 0.1) is 0 Å². The number of hydrogen-bond donors (Lipinski definition) is 1. The van der Waals surface area contributed by atoms with Gasteiger partial charge in [0.1, 0.15) is 23.0 Å². The Morgan fingerprint density at radius 3 is 1.14 bits per heavy atom. The van der Waals surface area contributed by atoms with Crippen molar-refractivity contribution in [1.29, 1.82) is 0 Å². The summed E-state index contributed by atoms with van der Waals surface area (Å²) in [7, 11) is 0. The number of benzene rings is 20. The number of halogens is 1. The Bertz CT molecular complexity index is 8470. The topological polar surface area (TPSA) is 43.6 Å². The highest BCUT2D eigenvalue weighted by molar-refractivity contribution is 6.34. The van der Waals surface area contributed by atoms with E-state index in [1.54, 1.807) is 0 Å². The summed E-state index contributed by atoms with van der Waals surface area (Å²) in [4.78, 5) is 2.55. The van der Waals surface area contributed by atoms with Crippen LogP contribution in [0.1, 0.15) is 102 Å². The summed E-state index contributed by atoms with van der Waals surface area (Å²) < 4.78 is 17.9. The van der Waals surface area contributed by atoms with E-state index in [1.165, 1.54) is 154 Å². The van der Waals surface area contributed by atoms with Gasteiger partial charge in [0.05, 0.1) is 38.6 Å². The SMILES string of the molecule is C.CC1(C)c2ccccc2-c2ccc(N(c3ccc4c(c3)c3ccccc3n4-c3ccccc3)c3cccc4c3-c3c(ccc5ccccc35)C43c4ccccc4Oc4ccccc43)cc21.CC1(C)c2ccccc2-c2ccc(Nc3ccc4c(c3)c3ccccc3n4-c3ccccc3)cc21.Clc1cccc2c1-c1c(ccc3ccccc13)C21c2ccccc2Oc2ccccc21. The van der Waals surface area contributed by atoms with Crippen molar-refractivity contribution < 1.29 is 9.47 Å². The van der Waals surface area contributed by atoms with Gasteiger partial charge in [0.15, 0.2) is 0 Å². The number of para-hydroxylation sites is 8. The van der Waals surface area contributed by atoms with Gasteiger partial charge in [-0.25, -0.2) is 0 Å². The number of rotatable bonds is 7. The van der Waals surface area contributed by atoms with Crippen LogP contribution in [0.25, 0.3) is 121 Å². The molecule has 1 N–H and O–H groups in total. The maximum atomic E-state index is 6.92. The maximum Gasteiger partial charge on any atom is 0.132 e. The molecule has 0 amide bonds. The molecule has 6 aliphatic rings. The van der Waals surface area contributed by atoms with Crippen molar-refractivity contribution in [2.45, 2.75) is 56.8 Å². The third-order valence-electron chi connectivity index (χ3n) is 29.2. The van der Waals surface area contributed by atoms with Crippen LogP contribution in [0.3, 0.4) is 0 Å². The van der Waals surface area contributed by atoms with Gasteiger partial charge in [-0.1, -0.05) is 350 Å². The van der Waals surface area contributed by atoms with Gasteiger partial charge in [0, 0.05) is 105 Å². The molecule has 0 bridgehead atoms. The Labute approximate surface area is 772 Å². The van der Waals surface area contributed by atoms with Crippen molar-refractivity contribution in [2.24, 2.45) is 0 Å². The predicted molar refractivity (Wildman–Crippen MR) is 549 cm³/mol. The maximum absolute atomic E-state index is 6.92. The van der Waals surface area contributed by atoms with Crippen molar-refractivity contribution in [2.75, 3.05) is 10.2 Å². The lowest BCUT2D eigenvalue weighted by Crippen LogP contribution is -2.32. The fourth-order valence-corrected chi connectivity index (χ4v) is 23.9. The van der Waals surface area contributed by atoms with E-state index in [1.807, 2.05) is 18.2 Å². The van der Waals surface area contributed by atoms with Crippen LogP contribution in [-0.2, 0) is 21.7 Å². The second-order valence-corrected chi connectivity index (χ2v) is 37.0. The molecule has 0 saturated heterocycles. The summed E-state index contributed by atoms with van der Waals surface area (Å²) in [5, 5.41) is 14.3.